The van der Waals surface area contributed by atoms with Crippen molar-refractivity contribution in [3.8, 4) is 16.9 Å². The number of unbranched alkanes of at least 4 members (excludes halogenated alkanes) is 6. The first-order valence-corrected chi connectivity index (χ1v) is 9.29. The Kier molecular flexibility index (Phi) is 8.60. The highest BCUT2D eigenvalue weighted by Gasteiger charge is 2.06. The third-order valence-corrected chi connectivity index (χ3v) is 4.13. The molecule has 0 atom stereocenters. The molecule has 0 aliphatic rings. The third-order valence-electron chi connectivity index (χ3n) is 4.13. The van der Waals surface area contributed by atoms with E-state index in [4.69, 9.17) is 9.47 Å². The second-order valence-corrected chi connectivity index (χ2v) is 6.21. The molecule has 0 unspecified atom stereocenters. The lowest BCUT2D eigenvalue weighted by Gasteiger charge is -2.07. The van der Waals surface area contributed by atoms with Crippen LogP contribution in [-0.4, -0.2) is 12.8 Å². The molecule has 2 aromatic rings. The topological polar surface area (TPSA) is 35.5 Å². The van der Waals surface area contributed by atoms with Crippen LogP contribution in [0.1, 0.15) is 51.9 Å². The zero-order chi connectivity index (χ0) is 17.7. The lowest BCUT2D eigenvalue weighted by atomic mass is 10.1. The summed E-state index contributed by atoms with van der Waals surface area (Å²) in [4.78, 5) is 11.7. The SMILES string of the molecule is CCCCCCCCCOC(=O)Oc1ccc(-c2ccccc2)cc1. The van der Waals surface area contributed by atoms with E-state index in [1.807, 2.05) is 42.5 Å². The smallest absolute Gasteiger partial charge is 0.434 e. The van der Waals surface area contributed by atoms with E-state index in [1.54, 1.807) is 12.1 Å². The lowest BCUT2D eigenvalue weighted by Crippen LogP contribution is -2.11. The van der Waals surface area contributed by atoms with E-state index < -0.39 is 6.16 Å². The fourth-order valence-electron chi connectivity index (χ4n) is 2.69. The molecule has 3 heteroatoms. The molecule has 134 valence electrons. The van der Waals surface area contributed by atoms with Gasteiger partial charge in [0.1, 0.15) is 5.75 Å². The predicted octanol–water partition coefficient (Wildman–Crippen LogP) is 6.62. The van der Waals surface area contributed by atoms with E-state index in [2.05, 4.69) is 6.92 Å². The molecule has 2 aromatic carbocycles. The van der Waals surface area contributed by atoms with E-state index in [1.165, 1.54) is 32.1 Å². The molecule has 0 saturated carbocycles. The largest absolute Gasteiger partial charge is 0.513 e. The maximum Gasteiger partial charge on any atom is 0.513 e. The summed E-state index contributed by atoms with van der Waals surface area (Å²) in [5, 5.41) is 0. The van der Waals surface area contributed by atoms with Crippen molar-refractivity contribution in [3.05, 3.63) is 54.6 Å². The van der Waals surface area contributed by atoms with Crippen molar-refractivity contribution in [3.63, 3.8) is 0 Å². The van der Waals surface area contributed by atoms with Gasteiger partial charge in [-0.25, -0.2) is 4.79 Å². The summed E-state index contributed by atoms with van der Waals surface area (Å²) >= 11 is 0. The van der Waals surface area contributed by atoms with Crippen LogP contribution in [-0.2, 0) is 4.74 Å². The van der Waals surface area contributed by atoms with Crippen LogP contribution in [0.25, 0.3) is 11.1 Å². The second kappa shape index (κ2) is 11.3. The predicted molar refractivity (Wildman–Crippen MR) is 102 cm³/mol. The maximum absolute atomic E-state index is 11.7. The van der Waals surface area contributed by atoms with Crippen LogP contribution in [0.5, 0.6) is 5.75 Å². The number of carbonyl (C=O) groups is 1. The van der Waals surface area contributed by atoms with Gasteiger partial charge in [-0.15, -0.1) is 0 Å². The summed E-state index contributed by atoms with van der Waals surface area (Å²) in [6.45, 7) is 2.64. The molecule has 0 bridgehead atoms. The number of ether oxygens (including phenoxy) is 2. The van der Waals surface area contributed by atoms with E-state index in [9.17, 15) is 4.79 Å². The number of rotatable bonds is 10. The fourth-order valence-corrected chi connectivity index (χ4v) is 2.69. The molecule has 0 spiro atoms. The molecule has 0 N–H and O–H groups in total. The summed E-state index contributed by atoms with van der Waals surface area (Å²) in [5.74, 6) is 0.504. The molecule has 25 heavy (non-hydrogen) atoms. The molecule has 3 nitrogen and oxygen atoms in total. The first kappa shape index (κ1) is 19.0. The van der Waals surface area contributed by atoms with Gasteiger partial charge in [-0.3, -0.25) is 0 Å². The average Bonchev–Trinajstić information content (AvgIpc) is 2.65. The average molecular weight is 340 g/mol. The number of carbonyl (C=O) groups excluding carboxylic acids is 1. The van der Waals surface area contributed by atoms with Crippen LogP contribution in [0, 0.1) is 0 Å². The van der Waals surface area contributed by atoms with Gasteiger partial charge in [0.05, 0.1) is 6.61 Å². The Morgan fingerprint density at radius 3 is 2.04 bits per heavy atom. The molecule has 0 aromatic heterocycles. The van der Waals surface area contributed by atoms with Crippen LogP contribution in [0.15, 0.2) is 54.6 Å². The molecule has 0 saturated heterocycles. The van der Waals surface area contributed by atoms with Crippen LogP contribution in [0.4, 0.5) is 4.79 Å². The third kappa shape index (κ3) is 7.42. The highest BCUT2D eigenvalue weighted by atomic mass is 16.7. The molecular weight excluding hydrogens is 312 g/mol. The summed E-state index contributed by atoms with van der Waals surface area (Å²) in [7, 11) is 0. The van der Waals surface area contributed by atoms with Crippen molar-refractivity contribution in [2.45, 2.75) is 51.9 Å². The van der Waals surface area contributed by atoms with Crippen molar-refractivity contribution < 1.29 is 14.3 Å². The number of benzene rings is 2. The molecular formula is C22H28O3. The minimum Gasteiger partial charge on any atom is -0.434 e. The lowest BCUT2D eigenvalue weighted by molar-refractivity contribution is 0.0973. The van der Waals surface area contributed by atoms with E-state index in [0.717, 1.165) is 24.0 Å². The Labute approximate surface area is 151 Å². The van der Waals surface area contributed by atoms with Gasteiger partial charge in [0, 0.05) is 0 Å². The molecule has 2 rings (SSSR count). The summed E-state index contributed by atoms with van der Waals surface area (Å²) in [6.07, 6.45) is 7.73. The van der Waals surface area contributed by atoms with Crippen molar-refractivity contribution in [2.75, 3.05) is 6.61 Å². The van der Waals surface area contributed by atoms with Crippen molar-refractivity contribution in [2.24, 2.45) is 0 Å². The maximum atomic E-state index is 11.7. The van der Waals surface area contributed by atoms with Crippen molar-refractivity contribution in [1.29, 1.82) is 0 Å². The fraction of sp³-hybridized carbons (Fsp3) is 0.409. The van der Waals surface area contributed by atoms with E-state index in [-0.39, 0.29) is 0 Å². The molecule has 0 fully saturated rings. The highest BCUT2D eigenvalue weighted by molar-refractivity contribution is 5.67. The molecule has 0 aliphatic heterocycles. The second-order valence-electron chi connectivity index (χ2n) is 6.21. The van der Waals surface area contributed by atoms with Crippen molar-refractivity contribution in [1.82, 2.24) is 0 Å². The Hall–Kier alpha value is -2.29. The molecule has 0 aliphatic carbocycles. The van der Waals surface area contributed by atoms with Gasteiger partial charge >= 0.3 is 6.16 Å². The zero-order valence-electron chi connectivity index (χ0n) is 15.1. The van der Waals surface area contributed by atoms with Crippen LogP contribution >= 0.6 is 0 Å². The monoisotopic (exact) mass is 340 g/mol. The Bertz CT molecular complexity index is 605. The Morgan fingerprint density at radius 2 is 1.36 bits per heavy atom. The minimum atomic E-state index is -0.626. The molecule has 0 heterocycles. The minimum absolute atomic E-state index is 0.425. The summed E-state index contributed by atoms with van der Waals surface area (Å²) in [5.41, 5.74) is 2.22. The number of hydrogen-bond donors (Lipinski definition) is 0. The Balaban J connectivity index is 1.64. The first-order chi connectivity index (χ1) is 12.3. The van der Waals surface area contributed by atoms with Gasteiger partial charge in [0.15, 0.2) is 0 Å². The van der Waals surface area contributed by atoms with E-state index >= 15 is 0 Å². The van der Waals surface area contributed by atoms with Gasteiger partial charge in [-0.1, -0.05) is 87.9 Å². The van der Waals surface area contributed by atoms with Crippen molar-refractivity contribution >= 4 is 6.16 Å². The van der Waals surface area contributed by atoms with Crippen LogP contribution in [0.2, 0.25) is 0 Å². The first-order valence-electron chi connectivity index (χ1n) is 9.29. The quantitative estimate of drug-likeness (QED) is 0.277. The summed E-state index contributed by atoms with van der Waals surface area (Å²) < 4.78 is 10.3. The van der Waals surface area contributed by atoms with Gasteiger partial charge in [-0.05, 0) is 29.7 Å². The normalized spacial score (nSPS) is 10.4. The van der Waals surface area contributed by atoms with Crippen LogP contribution < -0.4 is 4.74 Å². The highest BCUT2D eigenvalue weighted by Crippen LogP contribution is 2.22. The van der Waals surface area contributed by atoms with Gasteiger partial charge in [0.25, 0.3) is 0 Å². The summed E-state index contributed by atoms with van der Waals surface area (Å²) in [6, 6.07) is 17.5. The van der Waals surface area contributed by atoms with Gasteiger partial charge in [0.2, 0.25) is 0 Å². The van der Waals surface area contributed by atoms with Crippen LogP contribution in [0.3, 0.4) is 0 Å². The number of hydrogen-bond acceptors (Lipinski definition) is 3. The van der Waals surface area contributed by atoms with E-state index in [0.29, 0.717) is 12.4 Å². The Morgan fingerprint density at radius 1 is 0.760 bits per heavy atom. The van der Waals surface area contributed by atoms with Gasteiger partial charge in [-0.2, -0.15) is 0 Å². The molecule has 0 radical (unpaired) electrons. The zero-order valence-corrected chi connectivity index (χ0v) is 15.1. The molecule has 0 amide bonds. The standard InChI is InChI=1S/C22H28O3/c1-2-3-4-5-6-7-11-18-24-22(23)25-21-16-14-20(15-17-21)19-12-9-8-10-13-19/h8-10,12-17H,2-7,11,18H2,1H3. The van der Waals surface area contributed by atoms with Gasteiger partial charge < -0.3 is 9.47 Å².